The molecule has 5 nitrogen and oxygen atoms in total. The molecule has 0 aliphatic heterocycles. The van der Waals surface area contributed by atoms with Gasteiger partial charge in [0.15, 0.2) is 0 Å². The number of hydrogen-bond donors (Lipinski definition) is 2. The molecule has 0 saturated heterocycles. The van der Waals surface area contributed by atoms with Crippen LogP contribution in [0.15, 0.2) is 12.1 Å². The summed E-state index contributed by atoms with van der Waals surface area (Å²) in [5, 5.41) is 12.0. The second kappa shape index (κ2) is 8.18. The number of nitrogens with one attached hydrogen (secondary N) is 1. The summed E-state index contributed by atoms with van der Waals surface area (Å²) in [6, 6.07) is 4.20. The Morgan fingerprint density at radius 3 is 2.46 bits per heavy atom. The van der Waals surface area contributed by atoms with E-state index in [4.69, 9.17) is 9.84 Å². The predicted molar refractivity (Wildman–Crippen MR) is 92.3 cm³/mol. The first-order valence-electron chi connectivity index (χ1n) is 8.59. The number of aryl methyl sites for hydroxylation is 2. The minimum absolute atomic E-state index is 0.0317. The van der Waals surface area contributed by atoms with E-state index in [1.54, 1.807) is 0 Å². The van der Waals surface area contributed by atoms with Gasteiger partial charge in [-0.25, -0.2) is 0 Å². The lowest BCUT2D eigenvalue weighted by Gasteiger charge is -2.26. The van der Waals surface area contributed by atoms with E-state index in [-0.39, 0.29) is 17.9 Å². The fraction of sp³-hybridized carbons (Fsp3) is 0.579. The van der Waals surface area contributed by atoms with Crippen LogP contribution in [0.5, 0.6) is 5.75 Å². The van der Waals surface area contributed by atoms with Gasteiger partial charge in [-0.1, -0.05) is 6.07 Å². The van der Waals surface area contributed by atoms with E-state index >= 15 is 0 Å². The van der Waals surface area contributed by atoms with Gasteiger partial charge in [0, 0.05) is 6.04 Å². The molecular formula is C19H27NO4. The van der Waals surface area contributed by atoms with E-state index in [0.717, 1.165) is 29.7 Å². The Balaban J connectivity index is 1.74. The first-order valence-corrected chi connectivity index (χ1v) is 8.59. The molecule has 0 spiro atoms. The normalized spacial score (nSPS) is 20.5. The van der Waals surface area contributed by atoms with E-state index < -0.39 is 5.97 Å². The number of carbonyl (C=O) groups excluding carboxylic acids is 1. The van der Waals surface area contributed by atoms with Crippen molar-refractivity contribution < 1.29 is 19.4 Å². The summed E-state index contributed by atoms with van der Waals surface area (Å²) in [6.07, 6.45) is 3.06. The monoisotopic (exact) mass is 333 g/mol. The minimum atomic E-state index is -0.725. The topological polar surface area (TPSA) is 75.6 Å². The van der Waals surface area contributed by atoms with Gasteiger partial charge in [-0.15, -0.1) is 0 Å². The van der Waals surface area contributed by atoms with Crippen LogP contribution in [0, 0.1) is 26.7 Å². The average molecular weight is 333 g/mol. The highest BCUT2D eigenvalue weighted by Gasteiger charge is 2.26. The van der Waals surface area contributed by atoms with Gasteiger partial charge in [0.05, 0.1) is 18.9 Å². The maximum atomic E-state index is 12.0. The number of carboxylic acids is 1. The second-order valence-corrected chi connectivity index (χ2v) is 6.76. The number of rotatable bonds is 6. The average Bonchev–Trinajstić information content (AvgIpc) is 2.52. The maximum absolute atomic E-state index is 12.0. The molecule has 1 saturated carbocycles. The number of carbonyl (C=O) groups is 2. The lowest BCUT2D eigenvalue weighted by atomic mass is 9.86. The van der Waals surface area contributed by atoms with Gasteiger partial charge < -0.3 is 15.2 Å². The molecule has 0 atom stereocenters. The summed E-state index contributed by atoms with van der Waals surface area (Å²) in [6.45, 7) is 6.44. The molecule has 1 aliphatic rings. The second-order valence-electron chi connectivity index (χ2n) is 6.76. The number of aliphatic carboxylic acids is 1. The number of hydrogen-bond acceptors (Lipinski definition) is 3. The third-order valence-electron chi connectivity index (χ3n) is 4.79. The molecular weight excluding hydrogens is 306 g/mol. The van der Waals surface area contributed by atoms with Gasteiger partial charge >= 0.3 is 5.97 Å². The highest BCUT2D eigenvalue weighted by molar-refractivity contribution is 5.76. The standard InChI is InChI=1S/C19H27NO4/c1-12-10-13(2)14(3)17(11-12)24-9-8-18(21)20-16-6-4-15(5-7-16)19(22)23/h10-11,15-16H,4-9H2,1-3H3,(H,20,21)(H,22,23). The number of amides is 1. The van der Waals surface area contributed by atoms with Gasteiger partial charge in [-0.05, 0) is 69.2 Å². The van der Waals surface area contributed by atoms with Crippen LogP contribution in [0.1, 0.15) is 48.8 Å². The zero-order valence-corrected chi connectivity index (χ0v) is 14.7. The molecule has 1 aromatic rings. The third-order valence-corrected chi connectivity index (χ3v) is 4.79. The molecule has 24 heavy (non-hydrogen) atoms. The van der Waals surface area contributed by atoms with Crippen molar-refractivity contribution in [3.8, 4) is 5.75 Å². The molecule has 1 aromatic carbocycles. The lowest BCUT2D eigenvalue weighted by Crippen LogP contribution is -2.39. The highest BCUT2D eigenvalue weighted by atomic mass is 16.5. The van der Waals surface area contributed by atoms with Crippen LogP contribution < -0.4 is 10.1 Å². The Kier molecular flexibility index (Phi) is 6.23. The van der Waals surface area contributed by atoms with Crippen molar-refractivity contribution in [2.24, 2.45) is 5.92 Å². The highest BCUT2D eigenvalue weighted by Crippen LogP contribution is 2.25. The fourth-order valence-corrected chi connectivity index (χ4v) is 3.19. The zero-order valence-electron chi connectivity index (χ0n) is 14.7. The molecule has 2 N–H and O–H groups in total. The zero-order chi connectivity index (χ0) is 17.7. The quantitative estimate of drug-likeness (QED) is 0.838. The molecule has 1 amide bonds. The Morgan fingerprint density at radius 2 is 1.83 bits per heavy atom. The largest absolute Gasteiger partial charge is 0.493 e. The van der Waals surface area contributed by atoms with Crippen molar-refractivity contribution in [2.75, 3.05) is 6.61 Å². The van der Waals surface area contributed by atoms with Crippen LogP contribution in [0.2, 0.25) is 0 Å². The van der Waals surface area contributed by atoms with Gasteiger partial charge in [0.1, 0.15) is 5.75 Å². The molecule has 1 fully saturated rings. The Hall–Kier alpha value is -2.04. The van der Waals surface area contributed by atoms with E-state index in [1.807, 2.05) is 19.9 Å². The minimum Gasteiger partial charge on any atom is -0.493 e. The summed E-state index contributed by atoms with van der Waals surface area (Å²) in [5.41, 5.74) is 3.44. The number of ether oxygens (including phenoxy) is 1. The first kappa shape index (κ1) is 18.3. The Labute approximate surface area is 143 Å². The van der Waals surface area contributed by atoms with Crippen LogP contribution in [0.4, 0.5) is 0 Å². The van der Waals surface area contributed by atoms with Crippen molar-refractivity contribution in [3.63, 3.8) is 0 Å². The summed E-state index contributed by atoms with van der Waals surface area (Å²) in [7, 11) is 0. The number of benzene rings is 1. The van der Waals surface area contributed by atoms with E-state index in [9.17, 15) is 9.59 Å². The van der Waals surface area contributed by atoms with E-state index in [2.05, 4.69) is 18.3 Å². The van der Waals surface area contributed by atoms with Crippen LogP contribution in [0.3, 0.4) is 0 Å². The molecule has 0 heterocycles. The predicted octanol–water partition coefficient (Wildman–Crippen LogP) is 3.14. The lowest BCUT2D eigenvalue weighted by molar-refractivity contribution is -0.142. The molecule has 0 radical (unpaired) electrons. The Morgan fingerprint density at radius 1 is 1.17 bits per heavy atom. The van der Waals surface area contributed by atoms with Crippen LogP contribution >= 0.6 is 0 Å². The number of carboxylic acid groups (broad SMARTS) is 1. The van der Waals surface area contributed by atoms with Crippen LogP contribution in [-0.2, 0) is 9.59 Å². The van der Waals surface area contributed by atoms with Crippen molar-refractivity contribution in [1.29, 1.82) is 0 Å². The fourth-order valence-electron chi connectivity index (χ4n) is 3.19. The SMILES string of the molecule is Cc1cc(C)c(C)c(OCCC(=O)NC2CCC(C(=O)O)CC2)c1. The van der Waals surface area contributed by atoms with Gasteiger partial charge in [-0.3, -0.25) is 9.59 Å². The van der Waals surface area contributed by atoms with Gasteiger partial charge in [0.2, 0.25) is 5.91 Å². The first-order chi connectivity index (χ1) is 11.4. The van der Waals surface area contributed by atoms with Crippen molar-refractivity contribution >= 4 is 11.9 Å². The molecule has 0 unspecified atom stereocenters. The molecule has 1 aliphatic carbocycles. The van der Waals surface area contributed by atoms with Crippen molar-refractivity contribution in [1.82, 2.24) is 5.32 Å². The third kappa shape index (κ3) is 4.98. The van der Waals surface area contributed by atoms with Gasteiger partial charge in [0.25, 0.3) is 0 Å². The smallest absolute Gasteiger partial charge is 0.306 e. The summed E-state index contributed by atoms with van der Waals surface area (Å²) < 4.78 is 5.77. The summed E-state index contributed by atoms with van der Waals surface area (Å²) >= 11 is 0. The van der Waals surface area contributed by atoms with Crippen LogP contribution in [-0.4, -0.2) is 29.6 Å². The molecule has 5 heteroatoms. The molecule has 132 valence electrons. The van der Waals surface area contributed by atoms with E-state index in [1.165, 1.54) is 5.56 Å². The maximum Gasteiger partial charge on any atom is 0.306 e. The van der Waals surface area contributed by atoms with E-state index in [0.29, 0.717) is 25.9 Å². The molecule has 0 bridgehead atoms. The summed E-state index contributed by atoms with van der Waals surface area (Å²) in [4.78, 5) is 23.0. The van der Waals surface area contributed by atoms with Crippen molar-refractivity contribution in [2.45, 2.75) is 58.9 Å². The Bertz CT molecular complexity index is 604. The van der Waals surface area contributed by atoms with Gasteiger partial charge in [-0.2, -0.15) is 0 Å². The molecule has 0 aromatic heterocycles. The summed E-state index contributed by atoms with van der Waals surface area (Å²) in [5.74, 6) is -0.177. The van der Waals surface area contributed by atoms with Crippen LogP contribution in [0.25, 0.3) is 0 Å². The van der Waals surface area contributed by atoms with Crippen molar-refractivity contribution in [3.05, 3.63) is 28.8 Å². The molecule has 2 rings (SSSR count).